The number of hydrogen-bond acceptors (Lipinski definition) is 5. The molecule has 6 heteroatoms. The fourth-order valence-corrected chi connectivity index (χ4v) is 1.49. The second-order valence-electron chi connectivity index (χ2n) is 2.42. The Morgan fingerprint density at radius 3 is 3.23 bits per heavy atom. The molecule has 5 nitrogen and oxygen atoms in total. The largest absolute Gasteiger partial charge is 0.360 e. The second kappa shape index (κ2) is 3.99. The van der Waals surface area contributed by atoms with Crippen LogP contribution in [0.5, 0.6) is 0 Å². The molecule has 0 saturated carbocycles. The van der Waals surface area contributed by atoms with Crippen molar-refractivity contribution < 1.29 is 0 Å². The molecule has 2 aromatic heterocycles. The number of rotatable bonds is 4. The van der Waals surface area contributed by atoms with Crippen LogP contribution < -0.4 is 5.32 Å². The van der Waals surface area contributed by atoms with Crippen LogP contribution in [0, 0.1) is 0 Å². The summed E-state index contributed by atoms with van der Waals surface area (Å²) >= 11 is 1.59. The highest BCUT2D eigenvalue weighted by molar-refractivity contribution is 7.13. The van der Waals surface area contributed by atoms with Crippen LogP contribution in [-0.2, 0) is 6.54 Å². The Kier molecular flexibility index (Phi) is 2.51. The Bertz CT molecular complexity index is 293. The zero-order valence-corrected chi connectivity index (χ0v) is 7.74. The summed E-state index contributed by atoms with van der Waals surface area (Å²) in [5, 5.41) is 10.1. The zero-order valence-electron chi connectivity index (χ0n) is 6.92. The van der Waals surface area contributed by atoms with Crippen molar-refractivity contribution >= 4 is 16.5 Å². The van der Waals surface area contributed by atoms with Crippen LogP contribution in [0.4, 0.5) is 5.13 Å². The molecule has 13 heavy (non-hydrogen) atoms. The molecule has 0 bridgehead atoms. The minimum atomic E-state index is 0.805. The predicted molar refractivity (Wildman–Crippen MR) is 50.6 cm³/mol. The highest BCUT2D eigenvalue weighted by Gasteiger charge is 1.93. The van der Waals surface area contributed by atoms with Crippen LogP contribution in [0.3, 0.4) is 0 Å². The number of hydrogen-bond donors (Lipinski definition) is 1. The van der Waals surface area contributed by atoms with E-state index in [0.717, 1.165) is 18.2 Å². The molecule has 2 heterocycles. The molecular formula is C7H9N5S. The summed E-state index contributed by atoms with van der Waals surface area (Å²) < 4.78 is 1.78. The van der Waals surface area contributed by atoms with Crippen molar-refractivity contribution in [2.24, 2.45) is 0 Å². The molecule has 0 amide bonds. The van der Waals surface area contributed by atoms with Gasteiger partial charge < -0.3 is 5.32 Å². The van der Waals surface area contributed by atoms with Crippen molar-refractivity contribution in [2.75, 3.05) is 11.9 Å². The summed E-state index contributed by atoms with van der Waals surface area (Å²) in [6.07, 6.45) is 5.01. The first-order valence-electron chi connectivity index (χ1n) is 3.91. The molecule has 2 aromatic rings. The fourth-order valence-electron chi connectivity index (χ4n) is 0.936. The molecule has 0 unspecified atom stereocenters. The van der Waals surface area contributed by atoms with Crippen LogP contribution in [0.2, 0.25) is 0 Å². The fraction of sp³-hybridized carbons (Fsp3) is 0.286. The molecule has 0 spiro atoms. The summed E-state index contributed by atoms with van der Waals surface area (Å²) in [5.74, 6) is 0. The van der Waals surface area contributed by atoms with Crippen molar-refractivity contribution in [3.8, 4) is 0 Å². The molecule has 2 rings (SSSR count). The number of aromatic nitrogens is 4. The molecule has 0 fully saturated rings. The Hall–Kier alpha value is -1.43. The quantitative estimate of drug-likeness (QED) is 0.785. The van der Waals surface area contributed by atoms with E-state index >= 15 is 0 Å². The second-order valence-corrected chi connectivity index (χ2v) is 3.32. The number of anilines is 1. The summed E-state index contributed by atoms with van der Waals surface area (Å²) in [5.41, 5.74) is 0. The molecule has 0 aliphatic carbocycles. The maximum absolute atomic E-state index is 4.10. The smallest absolute Gasteiger partial charge is 0.182 e. The Balaban J connectivity index is 1.76. The van der Waals surface area contributed by atoms with Gasteiger partial charge in [-0.25, -0.2) is 9.97 Å². The van der Waals surface area contributed by atoms with Gasteiger partial charge in [-0.2, -0.15) is 5.10 Å². The molecule has 0 atom stereocenters. The Morgan fingerprint density at radius 1 is 1.54 bits per heavy atom. The van der Waals surface area contributed by atoms with E-state index in [-0.39, 0.29) is 0 Å². The summed E-state index contributed by atoms with van der Waals surface area (Å²) in [6, 6.07) is 0. The monoisotopic (exact) mass is 195 g/mol. The van der Waals surface area contributed by atoms with Gasteiger partial charge in [0.15, 0.2) is 5.13 Å². The Morgan fingerprint density at radius 2 is 2.54 bits per heavy atom. The van der Waals surface area contributed by atoms with Crippen molar-refractivity contribution in [2.45, 2.75) is 6.54 Å². The maximum atomic E-state index is 4.10. The van der Waals surface area contributed by atoms with Gasteiger partial charge in [0.1, 0.15) is 12.7 Å². The van der Waals surface area contributed by atoms with Gasteiger partial charge in [-0.05, 0) is 0 Å². The molecule has 0 saturated heterocycles. The third-order valence-corrected chi connectivity index (χ3v) is 2.25. The van der Waals surface area contributed by atoms with Crippen molar-refractivity contribution in [1.82, 2.24) is 19.7 Å². The first-order chi connectivity index (χ1) is 6.45. The van der Waals surface area contributed by atoms with Gasteiger partial charge in [-0.3, -0.25) is 4.68 Å². The van der Waals surface area contributed by atoms with Gasteiger partial charge in [0.2, 0.25) is 0 Å². The van der Waals surface area contributed by atoms with Crippen LogP contribution >= 0.6 is 11.3 Å². The van der Waals surface area contributed by atoms with Crippen molar-refractivity contribution in [3.63, 3.8) is 0 Å². The number of nitrogens with one attached hydrogen (secondary N) is 1. The van der Waals surface area contributed by atoms with E-state index in [0.29, 0.717) is 0 Å². The molecule has 0 radical (unpaired) electrons. The van der Waals surface area contributed by atoms with E-state index in [1.807, 2.05) is 5.38 Å². The molecule has 0 aliphatic heterocycles. The van der Waals surface area contributed by atoms with E-state index in [9.17, 15) is 0 Å². The first kappa shape index (κ1) is 8.18. The highest BCUT2D eigenvalue weighted by Crippen LogP contribution is 2.09. The van der Waals surface area contributed by atoms with Gasteiger partial charge in [0.25, 0.3) is 0 Å². The number of nitrogens with zero attached hydrogens (tertiary/aromatic N) is 4. The molecule has 0 aromatic carbocycles. The summed E-state index contributed by atoms with van der Waals surface area (Å²) in [6.45, 7) is 1.62. The van der Waals surface area contributed by atoms with Gasteiger partial charge >= 0.3 is 0 Å². The van der Waals surface area contributed by atoms with Crippen molar-refractivity contribution in [3.05, 3.63) is 24.2 Å². The van der Waals surface area contributed by atoms with E-state index < -0.39 is 0 Å². The predicted octanol–water partition coefficient (Wildman–Crippen LogP) is 0.847. The normalized spacial score (nSPS) is 10.2. The van der Waals surface area contributed by atoms with Crippen molar-refractivity contribution in [1.29, 1.82) is 0 Å². The third-order valence-electron chi connectivity index (χ3n) is 1.52. The minimum absolute atomic E-state index is 0.805. The standard InChI is InChI=1S/C7H9N5S/c1(3-12-6-8-5-11-12)9-7-10-2-4-13-7/h2,4-6H,1,3H2,(H,9,10). The molecule has 68 valence electrons. The lowest BCUT2D eigenvalue weighted by molar-refractivity contribution is 0.636. The third kappa shape index (κ3) is 2.25. The average Bonchev–Trinajstić information content (AvgIpc) is 2.75. The van der Waals surface area contributed by atoms with E-state index in [2.05, 4.69) is 20.4 Å². The van der Waals surface area contributed by atoms with E-state index in [4.69, 9.17) is 0 Å². The summed E-state index contributed by atoms with van der Waals surface area (Å²) in [4.78, 5) is 7.95. The van der Waals surface area contributed by atoms with Gasteiger partial charge in [0, 0.05) is 18.1 Å². The van der Waals surface area contributed by atoms with Gasteiger partial charge in [0.05, 0.1) is 6.54 Å². The van der Waals surface area contributed by atoms with Crippen LogP contribution in [0.1, 0.15) is 0 Å². The Labute approximate surface area is 79.5 Å². The molecule has 0 aliphatic rings. The van der Waals surface area contributed by atoms with Gasteiger partial charge in [-0.15, -0.1) is 11.3 Å². The van der Waals surface area contributed by atoms with Crippen LogP contribution in [-0.4, -0.2) is 26.3 Å². The lowest BCUT2D eigenvalue weighted by Gasteiger charge is -2.01. The highest BCUT2D eigenvalue weighted by atomic mass is 32.1. The topological polar surface area (TPSA) is 55.6 Å². The zero-order chi connectivity index (χ0) is 8.93. The number of thiazole rings is 1. The SMILES string of the molecule is c1csc(NCCn2cncn2)n1. The lowest BCUT2D eigenvalue weighted by atomic mass is 10.6. The van der Waals surface area contributed by atoms with Crippen LogP contribution in [0.25, 0.3) is 0 Å². The average molecular weight is 195 g/mol. The molecule has 1 N–H and O–H groups in total. The van der Waals surface area contributed by atoms with Crippen LogP contribution in [0.15, 0.2) is 24.2 Å². The molecular weight excluding hydrogens is 186 g/mol. The first-order valence-corrected chi connectivity index (χ1v) is 4.79. The van der Waals surface area contributed by atoms with E-state index in [1.165, 1.54) is 6.33 Å². The maximum Gasteiger partial charge on any atom is 0.182 e. The van der Waals surface area contributed by atoms with Gasteiger partial charge in [-0.1, -0.05) is 0 Å². The minimum Gasteiger partial charge on any atom is -0.360 e. The lowest BCUT2D eigenvalue weighted by Crippen LogP contribution is -2.10. The van der Waals surface area contributed by atoms with E-state index in [1.54, 1.807) is 28.5 Å². The summed E-state index contributed by atoms with van der Waals surface area (Å²) in [7, 11) is 0.